The number of methoxy groups -OCH3 is 1. The molecule has 0 saturated heterocycles. The predicted molar refractivity (Wildman–Crippen MR) is 90.0 cm³/mol. The highest BCUT2D eigenvalue weighted by molar-refractivity contribution is 9.10. The van der Waals surface area contributed by atoms with Crippen LogP contribution in [0.4, 0.5) is 0 Å². The Balaban J connectivity index is 1.75. The Kier molecular flexibility index (Phi) is 4.80. The summed E-state index contributed by atoms with van der Waals surface area (Å²) in [6.07, 6.45) is 0. The zero-order chi connectivity index (χ0) is 15.4. The van der Waals surface area contributed by atoms with Crippen LogP contribution >= 0.6 is 27.7 Å². The lowest BCUT2D eigenvalue weighted by Gasteiger charge is -2.03. The topological polar surface area (TPSA) is 48.2 Å². The number of ether oxygens (including phenoxy) is 1. The smallest absolute Gasteiger partial charge is 0.277 e. The molecule has 6 heteroatoms. The first-order valence-corrected chi connectivity index (χ1v) is 8.39. The fourth-order valence-electron chi connectivity index (χ4n) is 1.95. The first kappa shape index (κ1) is 15.1. The van der Waals surface area contributed by atoms with E-state index in [-0.39, 0.29) is 0 Å². The molecule has 0 saturated carbocycles. The van der Waals surface area contributed by atoms with E-state index in [1.54, 1.807) is 7.11 Å². The van der Waals surface area contributed by atoms with Crippen LogP contribution in [0.2, 0.25) is 0 Å². The van der Waals surface area contributed by atoms with Gasteiger partial charge >= 0.3 is 0 Å². The van der Waals surface area contributed by atoms with Crippen molar-refractivity contribution in [2.24, 2.45) is 0 Å². The average molecular weight is 377 g/mol. The molecule has 0 bridgehead atoms. The number of hydrogen-bond donors (Lipinski definition) is 0. The third-order valence-corrected chi connectivity index (χ3v) is 4.69. The summed E-state index contributed by atoms with van der Waals surface area (Å²) < 4.78 is 12.1. The van der Waals surface area contributed by atoms with Gasteiger partial charge in [-0.15, -0.1) is 10.2 Å². The molecule has 2 aromatic carbocycles. The molecular formula is C16H13BrN2O2S. The minimum absolute atomic E-state index is 0.465. The van der Waals surface area contributed by atoms with E-state index in [1.165, 1.54) is 17.3 Å². The molecule has 0 radical (unpaired) electrons. The number of benzene rings is 2. The van der Waals surface area contributed by atoms with Crippen molar-refractivity contribution in [1.82, 2.24) is 10.2 Å². The summed E-state index contributed by atoms with van der Waals surface area (Å²) in [4.78, 5) is 0. The number of para-hydroxylation sites is 1. The van der Waals surface area contributed by atoms with Crippen molar-refractivity contribution in [2.75, 3.05) is 7.11 Å². The van der Waals surface area contributed by atoms with Crippen molar-refractivity contribution in [1.29, 1.82) is 0 Å². The molecule has 0 atom stereocenters. The summed E-state index contributed by atoms with van der Waals surface area (Å²) in [5.74, 6) is 1.94. The zero-order valence-electron chi connectivity index (χ0n) is 11.8. The van der Waals surface area contributed by atoms with Gasteiger partial charge in [0.25, 0.3) is 11.1 Å². The fraction of sp³-hybridized carbons (Fsp3) is 0.125. The van der Waals surface area contributed by atoms with Gasteiger partial charge in [0.1, 0.15) is 5.75 Å². The number of nitrogens with zero attached hydrogens (tertiary/aromatic N) is 2. The van der Waals surface area contributed by atoms with Crippen molar-refractivity contribution in [2.45, 2.75) is 11.0 Å². The molecule has 0 N–H and O–H groups in total. The van der Waals surface area contributed by atoms with E-state index in [0.717, 1.165) is 15.8 Å². The van der Waals surface area contributed by atoms with Crippen LogP contribution in [-0.4, -0.2) is 17.3 Å². The summed E-state index contributed by atoms with van der Waals surface area (Å²) in [5, 5.41) is 8.73. The van der Waals surface area contributed by atoms with Crippen LogP contribution in [0.1, 0.15) is 5.56 Å². The molecular weight excluding hydrogens is 364 g/mol. The summed E-state index contributed by atoms with van der Waals surface area (Å²) in [6, 6.07) is 15.7. The van der Waals surface area contributed by atoms with Crippen molar-refractivity contribution in [3.8, 4) is 17.2 Å². The minimum atomic E-state index is 0.465. The van der Waals surface area contributed by atoms with Crippen LogP contribution in [0.25, 0.3) is 11.5 Å². The molecule has 0 aliphatic heterocycles. The Labute approximate surface area is 141 Å². The second-order valence-corrected chi connectivity index (χ2v) is 6.23. The van der Waals surface area contributed by atoms with Gasteiger partial charge in [-0.05, 0) is 23.8 Å². The van der Waals surface area contributed by atoms with Crippen molar-refractivity contribution < 1.29 is 9.15 Å². The third-order valence-electron chi connectivity index (χ3n) is 3.05. The maximum atomic E-state index is 5.72. The van der Waals surface area contributed by atoms with Gasteiger partial charge in [-0.2, -0.15) is 0 Å². The first-order valence-electron chi connectivity index (χ1n) is 6.61. The molecule has 112 valence electrons. The van der Waals surface area contributed by atoms with Crippen LogP contribution < -0.4 is 4.74 Å². The lowest BCUT2D eigenvalue weighted by Crippen LogP contribution is -1.87. The number of thioether (sulfide) groups is 1. The molecule has 3 aromatic rings. The maximum Gasteiger partial charge on any atom is 0.277 e. The maximum absolute atomic E-state index is 5.72. The van der Waals surface area contributed by atoms with Crippen molar-refractivity contribution >= 4 is 27.7 Å². The second-order valence-electron chi connectivity index (χ2n) is 4.45. The number of rotatable bonds is 5. The number of aromatic nitrogens is 2. The minimum Gasteiger partial charge on any atom is -0.496 e. The van der Waals surface area contributed by atoms with Crippen LogP contribution in [0.15, 0.2) is 62.6 Å². The molecule has 0 aliphatic carbocycles. The molecule has 1 aromatic heterocycles. The summed E-state index contributed by atoms with van der Waals surface area (Å²) in [5.41, 5.74) is 1.98. The van der Waals surface area contributed by atoms with Gasteiger partial charge in [-0.25, -0.2) is 0 Å². The average Bonchev–Trinajstić information content (AvgIpc) is 3.03. The number of hydrogen-bond acceptors (Lipinski definition) is 5. The Bertz CT molecular complexity index is 776. The zero-order valence-corrected chi connectivity index (χ0v) is 14.2. The van der Waals surface area contributed by atoms with Gasteiger partial charge < -0.3 is 9.15 Å². The molecule has 4 nitrogen and oxygen atoms in total. The molecule has 0 amide bonds. The Morgan fingerprint density at radius 2 is 1.86 bits per heavy atom. The van der Waals surface area contributed by atoms with E-state index < -0.39 is 0 Å². The largest absolute Gasteiger partial charge is 0.496 e. The third kappa shape index (κ3) is 3.34. The first-order chi connectivity index (χ1) is 10.8. The molecule has 3 rings (SSSR count). The van der Waals surface area contributed by atoms with Crippen LogP contribution in [-0.2, 0) is 5.75 Å². The molecule has 0 aliphatic rings. The van der Waals surface area contributed by atoms with Gasteiger partial charge in [0.15, 0.2) is 0 Å². The van der Waals surface area contributed by atoms with Gasteiger partial charge in [-0.1, -0.05) is 58.0 Å². The van der Waals surface area contributed by atoms with E-state index >= 15 is 0 Å². The summed E-state index contributed by atoms with van der Waals surface area (Å²) in [7, 11) is 1.62. The van der Waals surface area contributed by atoms with E-state index in [9.17, 15) is 0 Å². The fourth-order valence-corrected chi connectivity index (χ4v) is 3.33. The highest BCUT2D eigenvalue weighted by Gasteiger charge is 2.13. The van der Waals surface area contributed by atoms with E-state index in [2.05, 4.69) is 32.2 Å². The Hall–Kier alpha value is -1.79. The highest BCUT2D eigenvalue weighted by atomic mass is 79.9. The Morgan fingerprint density at radius 3 is 2.68 bits per heavy atom. The SMILES string of the molecule is COc1ccccc1-c1nnc(SCc2ccccc2Br)o1. The van der Waals surface area contributed by atoms with E-state index in [4.69, 9.17) is 9.15 Å². The van der Waals surface area contributed by atoms with E-state index in [0.29, 0.717) is 16.9 Å². The lowest BCUT2D eigenvalue weighted by molar-refractivity contribution is 0.411. The predicted octanol–water partition coefficient (Wildman–Crippen LogP) is 4.80. The standard InChI is InChI=1S/C16H13BrN2O2S/c1-20-14-9-5-3-7-12(14)15-18-19-16(21-15)22-10-11-6-2-4-8-13(11)17/h2-9H,10H2,1H3. The van der Waals surface area contributed by atoms with Crippen molar-refractivity contribution in [3.05, 3.63) is 58.6 Å². The van der Waals surface area contributed by atoms with Crippen LogP contribution in [0, 0.1) is 0 Å². The summed E-state index contributed by atoms with van der Waals surface area (Å²) in [6.45, 7) is 0. The monoisotopic (exact) mass is 376 g/mol. The van der Waals surface area contributed by atoms with E-state index in [1.807, 2.05) is 42.5 Å². The number of halogens is 1. The molecule has 1 heterocycles. The molecule has 0 unspecified atom stereocenters. The van der Waals surface area contributed by atoms with Gasteiger partial charge in [-0.3, -0.25) is 0 Å². The van der Waals surface area contributed by atoms with Gasteiger partial charge in [0.05, 0.1) is 12.7 Å². The highest BCUT2D eigenvalue weighted by Crippen LogP contribution is 2.32. The normalized spacial score (nSPS) is 10.6. The van der Waals surface area contributed by atoms with Gasteiger partial charge in [0.2, 0.25) is 0 Å². The molecule has 22 heavy (non-hydrogen) atoms. The van der Waals surface area contributed by atoms with Gasteiger partial charge in [0, 0.05) is 10.2 Å². The van der Waals surface area contributed by atoms with Crippen LogP contribution in [0.5, 0.6) is 5.75 Å². The van der Waals surface area contributed by atoms with Crippen LogP contribution in [0.3, 0.4) is 0 Å². The quantitative estimate of drug-likeness (QED) is 0.598. The summed E-state index contributed by atoms with van der Waals surface area (Å²) >= 11 is 5.04. The molecule has 0 spiro atoms. The van der Waals surface area contributed by atoms with Crippen molar-refractivity contribution in [3.63, 3.8) is 0 Å². The second kappa shape index (κ2) is 6.98. The molecule has 0 fully saturated rings. The Morgan fingerprint density at radius 1 is 1.09 bits per heavy atom. The lowest BCUT2D eigenvalue weighted by atomic mass is 10.2.